The third-order valence-electron chi connectivity index (χ3n) is 6.50. The first-order chi connectivity index (χ1) is 14.0. The Hall–Kier alpha value is -2.37. The van der Waals surface area contributed by atoms with E-state index >= 15 is 0 Å². The van der Waals surface area contributed by atoms with Gasteiger partial charge in [0.05, 0.1) is 6.10 Å². The zero-order valence-corrected chi connectivity index (χ0v) is 16.9. The fraction of sp³-hybridized carbons (Fsp3) is 0.348. The maximum absolute atomic E-state index is 14.6. The summed E-state index contributed by atoms with van der Waals surface area (Å²) in [5, 5.41) is 0.664. The summed E-state index contributed by atoms with van der Waals surface area (Å²) in [6.07, 6.45) is 4.82. The summed E-state index contributed by atoms with van der Waals surface area (Å²) < 4.78 is 26.6. The molecule has 0 radical (unpaired) electrons. The summed E-state index contributed by atoms with van der Waals surface area (Å²) in [4.78, 5) is 4.66. The normalized spacial score (nSPS) is 30.2. The number of benzene rings is 2. The fourth-order valence-corrected chi connectivity index (χ4v) is 5.17. The number of nitrogens with two attached hydrogens (primary N) is 1. The van der Waals surface area contributed by atoms with E-state index in [0.717, 1.165) is 35.3 Å². The van der Waals surface area contributed by atoms with Gasteiger partial charge in [0.2, 0.25) is 0 Å². The lowest BCUT2D eigenvalue weighted by Gasteiger charge is -2.43. The minimum atomic E-state index is -0.955. The van der Waals surface area contributed by atoms with Gasteiger partial charge in [0.1, 0.15) is 11.4 Å². The predicted octanol–water partition coefficient (Wildman–Crippen LogP) is 5.15. The molecule has 6 heteroatoms. The highest BCUT2D eigenvalue weighted by Gasteiger charge is 2.62. The van der Waals surface area contributed by atoms with Gasteiger partial charge < -0.3 is 15.2 Å². The van der Waals surface area contributed by atoms with Crippen LogP contribution in [0, 0.1) is 0 Å². The van der Waals surface area contributed by atoms with Crippen LogP contribution in [0.15, 0.2) is 59.4 Å². The SMILES string of the molecule is COC1CCC2(CC1)Oc1ccc(-c3cccc(Cl)c3)cc1C21C=C(F)C(N)=N1. The number of ether oxygens (including phenoxy) is 2. The summed E-state index contributed by atoms with van der Waals surface area (Å²) in [6, 6.07) is 13.6. The van der Waals surface area contributed by atoms with Crippen molar-refractivity contribution in [2.75, 3.05) is 7.11 Å². The van der Waals surface area contributed by atoms with Crippen molar-refractivity contribution in [2.45, 2.75) is 42.9 Å². The largest absolute Gasteiger partial charge is 0.484 e. The molecule has 1 atom stereocenters. The number of amidine groups is 1. The summed E-state index contributed by atoms with van der Waals surface area (Å²) in [5.41, 5.74) is 7.11. The number of nitrogens with zero attached hydrogens (tertiary/aromatic N) is 1. The maximum Gasteiger partial charge on any atom is 0.163 e. The Morgan fingerprint density at radius 3 is 2.59 bits per heavy atom. The first-order valence-electron chi connectivity index (χ1n) is 9.83. The van der Waals surface area contributed by atoms with Crippen molar-refractivity contribution < 1.29 is 13.9 Å². The summed E-state index contributed by atoms with van der Waals surface area (Å²) in [6.45, 7) is 0. The molecule has 2 aromatic rings. The molecule has 5 rings (SSSR count). The predicted molar refractivity (Wildman–Crippen MR) is 112 cm³/mol. The van der Waals surface area contributed by atoms with Gasteiger partial charge in [-0.25, -0.2) is 9.38 Å². The van der Waals surface area contributed by atoms with E-state index in [4.69, 9.17) is 26.8 Å². The van der Waals surface area contributed by atoms with E-state index in [1.807, 2.05) is 42.5 Å². The van der Waals surface area contributed by atoms with Crippen molar-refractivity contribution in [1.82, 2.24) is 0 Å². The average Bonchev–Trinajstić information content (AvgIpc) is 3.16. The van der Waals surface area contributed by atoms with Crippen LogP contribution in [-0.4, -0.2) is 24.7 Å². The van der Waals surface area contributed by atoms with Crippen LogP contribution in [0.4, 0.5) is 4.39 Å². The van der Waals surface area contributed by atoms with Crippen LogP contribution in [0.2, 0.25) is 5.02 Å². The molecule has 2 aromatic carbocycles. The number of fused-ring (bicyclic) bond motifs is 3. The van der Waals surface area contributed by atoms with Gasteiger partial charge in [-0.05, 0) is 67.2 Å². The van der Waals surface area contributed by atoms with Gasteiger partial charge in [-0.2, -0.15) is 0 Å². The summed E-state index contributed by atoms with van der Waals surface area (Å²) in [5.74, 6) is 0.180. The molecule has 0 amide bonds. The Morgan fingerprint density at radius 2 is 1.93 bits per heavy atom. The molecule has 2 aliphatic heterocycles. The molecule has 0 aromatic heterocycles. The molecule has 0 saturated heterocycles. The van der Waals surface area contributed by atoms with Gasteiger partial charge in [-0.1, -0.05) is 29.8 Å². The zero-order valence-electron chi connectivity index (χ0n) is 16.1. The number of aliphatic imine (C=N–C) groups is 1. The smallest absolute Gasteiger partial charge is 0.163 e. The third kappa shape index (κ3) is 2.71. The molecule has 4 nitrogen and oxygen atoms in total. The third-order valence-corrected chi connectivity index (χ3v) is 6.73. The van der Waals surface area contributed by atoms with E-state index in [1.54, 1.807) is 13.2 Å². The second kappa shape index (κ2) is 6.57. The number of rotatable bonds is 2. The van der Waals surface area contributed by atoms with E-state index in [-0.39, 0.29) is 11.9 Å². The van der Waals surface area contributed by atoms with E-state index in [1.165, 1.54) is 0 Å². The fourth-order valence-electron chi connectivity index (χ4n) is 4.98. The van der Waals surface area contributed by atoms with E-state index < -0.39 is 17.0 Å². The second-order valence-corrected chi connectivity index (χ2v) is 8.44. The van der Waals surface area contributed by atoms with Gasteiger partial charge in [-0.15, -0.1) is 0 Å². The molecule has 3 aliphatic rings. The molecular weight excluding hydrogens is 391 g/mol. The summed E-state index contributed by atoms with van der Waals surface area (Å²) >= 11 is 6.18. The van der Waals surface area contributed by atoms with Gasteiger partial charge in [0.25, 0.3) is 0 Å². The van der Waals surface area contributed by atoms with E-state index in [9.17, 15) is 4.39 Å². The van der Waals surface area contributed by atoms with Crippen LogP contribution < -0.4 is 10.5 Å². The lowest BCUT2D eigenvalue weighted by atomic mass is 9.68. The van der Waals surface area contributed by atoms with Gasteiger partial charge >= 0.3 is 0 Å². The Kier molecular flexibility index (Phi) is 4.23. The number of hydrogen-bond donors (Lipinski definition) is 1. The monoisotopic (exact) mass is 412 g/mol. The van der Waals surface area contributed by atoms with E-state index in [2.05, 4.69) is 4.99 Å². The van der Waals surface area contributed by atoms with Crippen molar-refractivity contribution in [3.05, 3.63) is 65.0 Å². The Balaban J connectivity index is 1.65. The number of methoxy groups -OCH3 is 1. The molecule has 0 bridgehead atoms. The van der Waals surface area contributed by atoms with Crippen LogP contribution >= 0.6 is 11.6 Å². The molecule has 2 spiro atoms. The molecule has 1 aliphatic carbocycles. The Bertz CT molecular complexity index is 1020. The molecule has 2 N–H and O–H groups in total. The van der Waals surface area contributed by atoms with Crippen LogP contribution in [0.5, 0.6) is 5.75 Å². The van der Waals surface area contributed by atoms with Crippen LogP contribution in [-0.2, 0) is 10.3 Å². The molecule has 150 valence electrons. The van der Waals surface area contributed by atoms with E-state index in [0.29, 0.717) is 17.9 Å². The highest BCUT2D eigenvalue weighted by Crippen LogP contribution is 2.59. The first kappa shape index (κ1) is 18.6. The van der Waals surface area contributed by atoms with Gasteiger partial charge in [0, 0.05) is 17.7 Å². The number of hydrogen-bond acceptors (Lipinski definition) is 4. The molecule has 2 heterocycles. The van der Waals surface area contributed by atoms with Crippen LogP contribution in [0.3, 0.4) is 0 Å². The second-order valence-electron chi connectivity index (χ2n) is 8.01. The van der Waals surface area contributed by atoms with Crippen LogP contribution in [0.1, 0.15) is 31.2 Å². The van der Waals surface area contributed by atoms with Crippen molar-refractivity contribution >= 4 is 17.4 Å². The lowest BCUT2D eigenvalue weighted by Crippen LogP contribution is -2.52. The highest BCUT2D eigenvalue weighted by molar-refractivity contribution is 6.30. The van der Waals surface area contributed by atoms with Crippen LogP contribution in [0.25, 0.3) is 11.1 Å². The maximum atomic E-state index is 14.6. The minimum absolute atomic E-state index is 0.0668. The Morgan fingerprint density at radius 1 is 1.17 bits per heavy atom. The molecule has 1 saturated carbocycles. The first-order valence-corrected chi connectivity index (χ1v) is 10.2. The van der Waals surface area contributed by atoms with Crippen molar-refractivity contribution in [1.29, 1.82) is 0 Å². The standard InChI is InChI=1S/C23H22ClFN2O2/c1-28-17-7-9-22(10-8-17)23(13-19(25)21(26)27-23)18-12-15(5-6-20(18)29-22)14-3-2-4-16(24)11-14/h2-6,11-13,17H,7-10H2,1H3,(H2,26,27). The molecule has 1 fully saturated rings. The number of halogens is 2. The highest BCUT2D eigenvalue weighted by atomic mass is 35.5. The van der Waals surface area contributed by atoms with Crippen molar-refractivity contribution in [2.24, 2.45) is 10.7 Å². The van der Waals surface area contributed by atoms with Crippen molar-refractivity contribution in [3.8, 4) is 16.9 Å². The summed E-state index contributed by atoms with van der Waals surface area (Å²) in [7, 11) is 1.73. The topological polar surface area (TPSA) is 56.8 Å². The quantitative estimate of drug-likeness (QED) is 0.742. The van der Waals surface area contributed by atoms with Gasteiger partial charge in [-0.3, -0.25) is 0 Å². The minimum Gasteiger partial charge on any atom is -0.484 e. The average molecular weight is 413 g/mol. The lowest BCUT2D eigenvalue weighted by molar-refractivity contribution is -0.0426. The Labute approximate surface area is 174 Å². The zero-order chi connectivity index (χ0) is 20.2. The molecule has 29 heavy (non-hydrogen) atoms. The molecular formula is C23H22ClFN2O2. The van der Waals surface area contributed by atoms with Crippen molar-refractivity contribution in [3.63, 3.8) is 0 Å². The molecule has 1 unspecified atom stereocenters. The van der Waals surface area contributed by atoms with Gasteiger partial charge in [0.15, 0.2) is 17.2 Å².